The van der Waals surface area contributed by atoms with Gasteiger partial charge in [-0.1, -0.05) is 5.10 Å². The Kier molecular flexibility index (Phi) is 4.33. The van der Waals surface area contributed by atoms with E-state index in [4.69, 9.17) is 8.83 Å². The van der Waals surface area contributed by atoms with E-state index in [2.05, 4.69) is 20.5 Å². The van der Waals surface area contributed by atoms with E-state index in [0.29, 0.717) is 17.1 Å². The molecule has 0 aliphatic carbocycles. The molecule has 10 nitrogen and oxygen atoms in total. The van der Waals surface area contributed by atoms with Crippen molar-refractivity contribution in [2.45, 2.75) is 26.8 Å². The van der Waals surface area contributed by atoms with E-state index >= 15 is 0 Å². The Bertz CT molecular complexity index is 1030. The van der Waals surface area contributed by atoms with E-state index in [1.807, 2.05) is 0 Å². The highest BCUT2D eigenvalue weighted by Crippen LogP contribution is 2.26. The third-order valence-electron chi connectivity index (χ3n) is 3.42. The number of nitrogens with one attached hydrogen (secondary N) is 2. The van der Waals surface area contributed by atoms with Crippen molar-refractivity contribution in [1.29, 1.82) is 0 Å². The summed E-state index contributed by atoms with van der Waals surface area (Å²) >= 11 is 0. The lowest BCUT2D eigenvalue weighted by Gasteiger charge is -2.03. The van der Waals surface area contributed by atoms with Gasteiger partial charge in [-0.15, -0.1) is 5.10 Å². The van der Waals surface area contributed by atoms with Crippen molar-refractivity contribution in [3.05, 3.63) is 50.7 Å². The molecule has 2 N–H and O–H groups in total. The van der Waals surface area contributed by atoms with Crippen LogP contribution >= 0.6 is 0 Å². The quantitative estimate of drug-likeness (QED) is 0.698. The van der Waals surface area contributed by atoms with Gasteiger partial charge in [-0.2, -0.15) is 0 Å². The maximum atomic E-state index is 11.9. The fourth-order valence-corrected chi connectivity index (χ4v) is 2.25. The van der Waals surface area contributed by atoms with Gasteiger partial charge in [0.1, 0.15) is 11.5 Å². The molecule has 0 aliphatic heterocycles. The number of furan rings is 1. The molecule has 0 unspecified atom stereocenters. The molecule has 3 aromatic rings. The number of aromatic nitrogens is 4. The second kappa shape index (κ2) is 6.59. The molecule has 3 heterocycles. The lowest BCUT2D eigenvalue weighted by molar-refractivity contribution is -0.116. The third kappa shape index (κ3) is 3.74. The summed E-state index contributed by atoms with van der Waals surface area (Å²) in [6, 6.07) is 2.92. The van der Waals surface area contributed by atoms with Crippen molar-refractivity contribution in [1.82, 2.24) is 19.7 Å². The predicted molar refractivity (Wildman–Crippen MR) is 86.0 cm³/mol. The van der Waals surface area contributed by atoms with E-state index in [-0.39, 0.29) is 24.9 Å². The normalized spacial score (nSPS) is 10.8. The first-order valence-corrected chi connectivity index (χ1v) is 7.43. The zero-order chi connectivity index (χ0) is 18.0. The molecule has 1 amide bonds. The van der Waals surface area contributed by atoms with Gasteiger partial charge in [-0.3, -0.25) is 19.9 Å². The highest BCUT2D eigenvalue weighted by molar-refractivity contribution is 5.88. The van der Waals surface area contributed by atoms with Crippen molar-refractivity contribution in [2.75, 3.05) is 5.32 Å². The van der Waals surface area contributed by atoms with E-state index < -0.39 is 17.2 Å². The van der Waals surface area contributed by atoms with Gasteiger partial charge in [-0.25, -0.2) is 4.79 Å². The molecule has 0 aromatic carbocycles. The fourth-order valence-electron chi connectivity index (χ4n) is 2.25. The summed E-state index contributed by atoms with van der Waals surface area (Å²) in [7, 11) is 0. The number of aromatic amines is 1. The van der Waals surface area contributed by atoms with Gasteiger partial charge < -0.3 is 13.4 Å². The molecular formula is C15H15N5O5. The summed E-state index contributed by atoms with van der Waals surface area (Å²) in [5.74, 6) is 1.18. The molecule has 130 valence electrons. The minimum Gasteiger partial charge on any atom is -0.466 e. The standard InChI is InChI=1S/C15H15N5O5/c1-8-7-10(9(2)24-8)13-18-19-14(25-13)16-11(21)3-5-20-6-4-12(22)17-15(20)23/h4,6-7H,3,5H2,1-2H3,(H,16,19,21)(H,17,22,23). The van der Waals surface area contributed by atoms with Crippen LogP contribution in [0, 0.1) is 13.8 Å². The zero-order valence-electron chi connectivity index (χ0n) is 13.5. The summed E-state index contributed by atoms with van der Waals surface area (Å²) in [4.78, 5) is 36.6. The number of hydrogen-bond acceptors (Lipinski definition) is 7. The van der Waals surface area contributed by atoms with Gasteiger partial charge in [-0.05, 0) is 19.9 Å². The highest BCUT2D eigenvalue weighted by atomic mass is 16.4. The molecule has 0 fully saturated rings. The second-order valence-electron chi connectivity index (χ2n) is 5.34. The Hall–Kier alpha value is -3.43. The van der Waals surface area contributed by atoms with Crippen LogP contribution in [0.1, 0.15) is 17.9 Å². The van der Waals surface area contributed by atoms with Crippen LogP contribution in [0.25, 0.3) is 11.5 Å². The smallest absolute Gasteiger partial charge is 0.328 e. The van der Waals surface area contributed by atoms with Gasteiger partial charge in [0, 0.05) is 25.2 Å². The average molecular weight is 345 g/mol. The van der Waals surface area contributed by atoms with E-state index in [1.54, 1.807) is 19.9 Å². The Morgan fingerprint density at radius 2 is 2.08 bits per heavy atom. The van der Waals surface area contributed by atoms with Gasteiger partial charge in [0.25, 0.3) is 11.4 Å². The molecule has 0 saturated heterocycles. The van der Waals surface area contributed by atoms with Crippen molar-refractivity contribution < 1.29 is 13.6 Å². The molecule has 25 heavy (non-hydrogen) atoms. The Balaban J connectivity index is 1.63. The van der Waals surface area contributed by atoms with Crippen LogP contribution in [0.2, 0.25) is 0 Å². The first-order valence-electron chi connectivity index (χ1n) is 7.43. The number of H-pyrrole nitrogens is 1. The van der Waals surface area contributed by atoms with Crippen LogP contribution in [0.5, 0.6) is 0 Å². The SMILES string of the molecule is Cc1cc(-c2nnc(NC(=O)CCn3ccc(=O)[nH]c3=O)o2)c(C)o1. The number of hydrogen-bond donors (Lipinski definition) is 2. The second-order valence-corrected chi connectivity index (χ2v) is 5.34. The maximum absolute atomic E-state index is 11.9. The van der Waals surface area contributed by atoms with Crippen LogP contribution in [-0.2, 0) is 11.3 Å². The number of aryl methyl sites for hydroxylation is 3. The topological polar surface area (TPSA) is 136 Å². The van der Waals surface area contributed by atoms with Gasteiger partial charge in [0.2, 0.25) is 5.91 Å². The van der Waals surface area contributed by atoms with Crippen molar-refractivity contribution in [3.63, 3.8) is 0 Å². The van der Waals surface area contributed by atoms with Crippen molar-refractivity contribution in [2.24, 2.45) is 0 Å². The molecule has 10 heteroatoms. The summed E-state index contributed by atoms with van der Waals surface area (Å²) in [6.07, 6.45) is 1.32. The van der Waals surface area contributed by atoms with Crippen LogP contribution in [-0.4, -0.2) is 25.7 Å². The largest absolute Gasteiger partial charge is 0.466 e. The van der Waals surface area contributed by atoms with Crippen molar-refractivity contribution in [3.8, 4) is 11.5 Å². The van der Waals surface area contributed by atoms with Gasteiger partial charge in [0.15, 0.2) is 0 Å². The summed E-state index contributed by atoms with van der Waals surface area (Å²) in [5, 5.41) is 10.1. The van der Waals surface area contributed by atoms with Crippen molar-refractivity contribution >= 4 is 11.9 Å². The minimum atomic E-state index is -0.578. The van der Waals surface area contributed by atoms with E-state index in [0.717, 1.165) is 0 Å². The van der Waals surface area contributed by atoms with Gasteiger partial charge >= 0.3 is 11.7 Å². The first kappa shape index (κ1) is 16.4. The predicted octanol–water partition coefficient (Wildman–Crippen LogP) is 0.825. The van der Waals surface area contributed by atoms with Gasteiger partial charge in [0.05, 0.1) is 5.56 Å². The number of carbonyl (C=O) groups is 1. The molecule has 0 aliphatic rings. The number of nitrogens with zero attached hydrogens (tertiary/aromatic N) is 3. The van der Waals surface area contributed by atoms with Crippen LogP contribution < -0.4 is 16.6 Å². The molecule has 0 spiro atoms. The molecule has 3 aromatic heterocycles. The minimum absolute atomic E-state index is 0.00644. The summed E-state index contributed by atoms with van der Waals surface area (Å²) < 4.78 is 12.0. The Morgan fingerprint density at radius 1 is 1.28 bits per heavy atom. The van der Waals surface area contributed by atoms with E-state index in [9.17, 15) is 14.4 Å². The molecule has 0 saturated carbocycles. The average Bonchev–Trinajstić information content (AvgIpc) is 3.12. The Labute approximate surface area is 140 Å². The fraction of sp³-hybridized carbons (Fsp3) is 0.267. The van der Waals surface area contributed by atoms with E-state index in [1.165, 1.54) is 16.8 Å². The molecule has 0 bridgehead atoms. The number of rotatable bonds is 5. The molecule has 0 atom stereocenters. The highest BCUT2D eigenvalue weighted by Gasteiger charge is 2.16. The summed E-state index contributed by atoms with van der Waals surface area (Å²) in [5.41, 5.74) is -0.412. The Morgan fingerprint density at radius 3 is 2.76 bits per heavy atom. The number of carbonyl (C=O) groups excluding carboxylic acids is 1. The molecule has 3 rings (SSSR count). The molecular weight excluding hydrogens is 330 g/mol. The lowest BCUT2D eigenvalue weighted by Crippen LogP contribution is -2.29. The monoisotopic (exact) mass is 345 g/mol. The number of amides is 1. The summed E-state index contributed by atoms with van der Waals surface area (Å²) in [6.45, 7) is 3.67. The van der Waals surface area contributed by atoms with Crippen LogP contribution in [0.15, 0.2) is 36.8 Å². The molecule has 0 radical (unpaired) electrons. The van der Waals surface area contributed by atoms with Crippen LogP contribution in [0.4, 0.5) is 6.01 Å². The third-order valence-corrected chi connectivity index (χ3v) is 3.42. The lowest BCUT2D eigenvalue weighted by atomic mass is 10.2. The number of anilines is 1. The first-order chi connectivity index (χ1) is 11.9. The maximum Gasteiger partial charge on any atom is 0.328 e. The van der Waals surface area contributed by atoms with Crippen LogP contribution in [0.3, 0.4) is 0 Å². The zero-order valence-corrected chi connectivity index (χ0v) is 13.5.